The van der Waals surface area contributed by atoms with Gasteiger partial charge in [0.1, 0.15) is 5.69 Å². The summed E-state index contributed by atoms with van der Waals surface area (Å²) in [5.74, 6) is 0.357. The smallest absolute Gasteiger partial charge is 0.270 e. The third kappa shape index (κ3) is 3.61. The van der Waals surface area contributed by atoms with Gasteiger partial charge in [-0.1, -0.05) is 42.5 Å². The number of hydrogen-bond donors (Lipinski definition) is 2. The van der Waals surface area contributed by atoms with Crippen LogP contribution in [-0.2, 0) is 0 Å². The summed E-state index contributed by atoms with van der Waals surface area (Å²) in [7, 11) is 0. The molecule has 2 heterocycles. The molecule has 0 spiro atoms. The zero-order chi connectivity index (χ0) is 18.8. The van der Waals surface area contributed by atoms with E-state index in [1.54, 1.807) is 12.3 Å². The highest BCUT2D eigenvalue weighted by molar-refractivity contribution is 5.93. The number of anilines is 1. The van der Waals surface area contributed by atoms with Crippen LogP contribution in [0.2, 0.25) is 0 Å². The largest absolute Gasteiger partial charge is 0.344 e. The summed E-state index contributed by atoms with van der Waals surface area (Å²) in [6.07, 6.45) is 2.54. The predicted molar refractivity (Wildman–Crippen MR) is 107 cm³/mol. The Hall–Kier alpha value is -2.99. The highest BCUT2D eigenvalue weighted by Gasteiger charge is 2.22. The van der Waals surface area contributed by atoms with Crippen molar-refractivity contribution in [3.8, 4) is 0 Å². The fraction of sp³-hybridized carbons (Fsp3) is 0.286. The number of amides is 1. The van der Waals surface area contributed by atoms with Crippen LogP contribution in [0.1, 0.15) is 35.4 Å². The molecule has 6 heteroatoms. The number of carbonyl (C=O) groups excluding carboxylic acids is 1. The molecule has 1 amide bonds. The number of rotatable bonds is 4. The van der Waals surface area contributed by atoms with Gasteiger partial charge in [0.2, 0.25) is 5.95 Å². The first-order valence-corrected chi connectivity index (χ1v) is 9.24. The number of benzene rings is 2. The maximum atomic E-state index is 12.8. The molecule has 0 radical (unpaired) electrons. The minimum atomic E-state index is -0.206. The van der Waals surface area contributed by atoms with Crippen LogP contribution in [0.25, 0.3) is 10.8 Å². The van der Waals surface area contributed by atoms with E-state index in [2.05, 4.69) is 33.5 Å². The summed E-state index contributed by atoms with van der Waals surface area (Å²) in [5, 5.41) is 5.36. The molecular formula is C21H23N5O. The fourth-order valence-corrected chi connectivity index (χ4v) is 3.57. The van der Waals surface area contributed by atoms with Crippen LogP contribution in [0.3, 0.4) is 0 Å². The predicted octanol–water partition coefficient (Wildman–Crippen LogP) is 2.66. The normalized spacial score (nSPS) is 17.9. The van der Waals surface area contributed by atoms with Crippen molar-refractivity contribution in [1.82, 2.24) is 15.3 Å². The van der Waals surface area contributed by atoms with Gasteiger partial charge in [-0.25, -0.2) is 9.97 Å². The van der Waals surface area contributed by atoms with E-state index < -0.39 is 0 Å². The maximum Gasteiger partial charge on any atom is 0.270 e. The van der Waals surface area contributed by atoms with Gasteiger partial charge in [0.25, 0.3) is 5.91 Å². The molecule has 1 aliphatic rings. The van der Waals surface area contributed by atoms with Crippen molar-refractivity contribution in [1.29, 1.82) is 0 Å². The Bertz CT molecular complexity index is 968. The second kappa shape index (κ2) is 7.32. The van der Waals surface area contributed by atoms with Crippen molar-refractivity contribution in [2.75, 3.05) is 18.0 Å². The lowest BCUT2D eigenvalue weighted by Gasteiger charge is -2.18. The molecule has 1 aromatic heterocycles. The molecule has 0 saturated carbocycles. The Kier molecular flexibility index (Phi) is 4.73. The molecule has 0 aliphatic carbocycles. The van der Waals surface area contributed by atoms with Crippen molar-refractivity contribution in [2.45, 2.75) is 25.4 Å². The molecule has 138 valence electrons. The first kappa shape index (κ1) is 17.4. The van der Waals surface area contributed by atoms with E-state index in [4.69, 9.17) is 5.73 Å². The summed E-state index contributed by atoms with van der Waals surface area (Å²) in [5.41, 5.74) is 7.41. The molecule has 2 aromatic carbocycles. The van der Waals surface area contributed by atoms with E-state index in [1.807, 2.05) is 36.1 Å². The van der Waals surface area contributed by atoms with Gasteiger partial charge in [-0.05, 0) is 35.7 Å². The fourth-order valence-electron chi connectivity index (χ4n) is 3.57. The van der Waals surface area contributed by atoms with E-state index in [-0.39, 0.29) is 18.0 Å². The molecular weight excluding hydrogens is 338 g/mol. The highest BCUT2D eigenvalue weighted by atomic mass is 16.1. The van der Waals surface area contributed by atoms with Crippen molar-refractivity contribution in [3.63, 3.8) is 0 Å². The van der Waals surface area contributed by atoms with E-state index in [9.17, 15) is 4.79 Å². The summed E-state index contributed by atoms with van der Waals surface area (Å²) in [6, 6.07) is 16.0. The lowest BCUT2D eigenvalue weighted by molar-refractivity contribution is 0.0935. The Labute approximate surface area is 158 Å². The van der Waals surface area contributed by atoms with Gasteiger partial charge < -0.3 is 16.0 Å². The monoisotopic (exact) mass is 361 g/mol. The minimum Gasteiger partial charge on any atom is -0.344 e. The van der Waals surface area contributed by atoms with Crippen LogP contribution < -0.4 is 16.0 Å². The van der Waals surface area contributed by atoms with Crippen molar-refractivity contribution >= 4 is 22.6 Å². The zero-order valence-electron chi connectivity index (χ0n) is 15.3. The minimum absolute atomic E-state index is 0.137. The number of nitrogens with two attached hydrogens (primary N) is 1. The first-order chi connectivity index (χ1) is 13.1. The molecule has 1 unspecified atom stereocenters. The van der Waals surface area contributed by atoms with Gasteiger partial charge in [-0.15, -0.1) is 0 Å². The molecule has 4 rings (SSSR count). The molecule has 27 heavy (non-hydrogen) atoms. The quantitative estimate of drug-likeness (QED) is 0.746. The van der Waals surface area contributed by atoms with Crippen LogP contribution in [-0.4, -0.2) is 35.0 Å². The van der Waals surface area contributed by atoms with Crippen LogP contribution in [0.5, 0.6) is 0 Å². The SMILES string of the molecule is CC(NC(=O)c1ccnc(N2CC[C@H](N)C2)n1)c1cccc2ccccc12. The van der Waals surface area contributed by atoms with Crippen LogP contribution in [0.15, 0.2) is 54.7 Å². The second-order valence-corrected chi connectivity index (χ2v) is 7.00. The number of carbonyl (C=O) groups is 1. The van der Waals surface area contributed by atoms with Crippen LogP contribution >= 0.6 is 0 Å². The summed E-state index contributed by atoms with van der Waals surface area (Å²) >= 11 is 0. The summed E-state index contributed by atoms with van der Waals surface area (Å²) in [6.45, 7) is 3.53. The zero-order valence-corrected chi connectivity index (χ0v) is 15.3. The Morgan fingerprint density at radius 1 is 1.22 bits per heavy atom. The first-order valence-electron chi connectivity index (χ1n) is 9.24. The van der Waals surface area contributed by atoms with Gasteiger partial charge in [0.15, 0.2) is 0 Å². The van der Waals surface area contributed by atoms with Gasteiger partial charge in [0.05, 0.1) is 6.04 Å². The van der Waals surface area contributed by atoms with Crippen LogP contribution in [0, 0.1) is 0 Å². The number of aromatic nitrogens is 2. The summed E-state index contributed by atoms with van der Waals surface area (Å²) in [4.78, 5) is 23.5. The van der Waals surface area contributed by atoms with Gasteiger partial charge in [-0.3, -0.25) is 4.79 Å². The number of hydrogen-bond acceptors (Lipinski definition) is 5. The average Bonchev–Trinajstić information content (AvgIpc) is 3.14. The lowest BCUT2D eigenvalue weighted by Crippen LogP contribution is -2.30. The third-order valence-electron chi connectivity index (χ3n) is 5.02. The van der Waals surface area contributed by atoms with Gasteiger partial charge in [0, 0.05) is 25.3 Å². The lowest BCUT2D eigenvalue weighted by atomic mass is 9.99. The van der Waals surface area contributed by atoms with E-state index in [0.717, 1.165) is 35.8 Å². The Morgan fingerprint density at radius 2 is 2.04 bits per heavy atom. The van der Waals surface area contributed by atoms with E-state index >= 15 is 0 Å². The summed E-state index contributed by atoms with van der Waals surface area (Å²) < 4.78 is 0. The standard InChI is InChI=1S/C21H23N5O/c1-14(17-8-4-6-15-5-2-3-7-18(15)17)24-20(27)19-9-11-23-21(25-19)26-12-10-16(22)13-26/h2-9,11,14,16H,10,12-13,22H2,1H3,(H,24,27)/t14?,16-/m0/s1. The number of nitrogens with zero attached hydrogens (tertiary/aromatic N) is 3. The highest BCUT2D eigenvalue weighted by Crippen LogP contribution is 2.24. The Balaban J connectivity index is 1.53. The number of nitrogens with one attached hydrogen (secondary N) is 1. The van der Waals surface area contributed by atoms with E-state index in [0.29, 0.717) is 11.6 Å². The number of fused-ring (bicyclic) bond motifs is 1. The third-order valence-corrected chi connectivity index (χ3v) is 5.02. The van der Waals surface area contributed by atoms with Gasteiger partial charge in [-0.2, -0.15) is 0 Å². The second-order valence-electron chi connectivity index (χ2n) is 7.00. The molecule has 1 aliphatic heterocycles. The molecule has 0 bridgehead atoms. The van der Waals surface area contributed by atoms with E-state index in [1.165, 1.54) is 0 Å². The van der Waals surface area contributed by atoms with Gasteiger partial charge >= 0.3 is 0 Å². The topological polar surface area (TPSA) is 84.1 Å². The molecule has 3 aromatic rings. The van der Waals surface area contributed by atoms with Crippen molar-refractivity contribution < 1.29 is 4.79 Å². The average molecular weight is 361 g/mol. The van der Waals surface area contributed by atoms with Crippen molar-refractivity contribution in [2.24, 2.45) is 5.73 Å². The molecule has 1 saturated heterocycles. The molecule has 2 atom stereocenters. The van der Waals surface area contributed by atoms with Crippen LogP contribution in [0.4, 0.5) is 5.95 Å². The molecule has 3 N–H and O–H groups in total. The molecule has 6 nitrogen and oxygen atoms in total. The van der Waals surface area contributed by atoms with Crippen molar-refractivity contribution in [3.05, 3.63) is 66.0 Å². The Morgan fingerprint density at radius 3 is 2.85 bits per heavy atom. The molecule has 1 fully saturated rings. The maximum absolute atomic E-state index is 12.8.